The Morgan fingerprint density at radius 3 is 2.00 bits per heavy atom. The molecule has 0 aromatic heterocycles. The molecule has 0 N–H and O–H groups in total. The van der Waals surface area contributed by atoms with Gasteiger partial charge in [-0.1, -0.05) is 0 Å². The fraction of sp³-hybridized carbons (Fsp3) is 0.500. The van der Waals surface area contributed by atoms with Crippen molar-refractivity contribution in [2.24, 2.45) is 5.41 Å². The van der Waals surface area contributed by atoms with Gasteiger partial charge in [-0.05, 0) is 0 Å². The van der Waals surface area contributed by atoms with Crippen LogP contribution < -0.4 is 0 Å². The van der Waals surface area contributed by atoms with E-state index in [1.807, 2.05) is 12.1 Å². The van der Waals surface area contributed by atoms with Crippen LogP contribution in [0.3, 0.4) is 0 Å². The molecule has 0 fully saturated rings. The van der Waals surface area contributed by atoms with Gasteiger partial charge in [0.05, 0.1) is 0 Å². The van der Waals surface area contributed by atoms with Gasteiger partial charge in [-0.15, -0.1) is 0 Å². The zero-order chi connectivity index (χ0) is 11.7. The van der Waals surface area contributed by atoms with Gasteiger partial charge in [0.25, 0.3) is 0 Å². The van der Waals surface area contributed by atoms with E-state index in [0.717, 1.165) is 11.3 Å². The van der Waals surface area contributed by atoms with Crippen molar-refractivity contribution >= 4 is 7.59 Å². The first-order valence-corrected chi connectivity index (χ1v) is 8.62. The molecular weight excluding hydrogens is 243 g/mol. The van der Waals surface area contributed by atoms with Crippen LogP contribution >= 0.6 is 0 Å². The van der Waals surface area contributed by atoms with Crippen molar-refractivity contribution in [1.29, 1.82) is 0 Å². The monoisotopic (exact) mass is 261 g/mol. The van der Waals surface area contributed by atoms with Crippen molar-refractivity contribution in [3.05, 3.63) is 29.8 Å². The Morgan fingerprint density at radius 2 is 1.67 bits per heavy atom. The SMILES string of the molecule is CC(C)(C)Cc1ccc([S](C)(=O)=[V])cc1. The predicted molar refractivity (Wildman–Crippen MR) is 61.9 cm³/mol. The molecule has 0 aliphatic rings. The summed E-state index contributed by atoms with van der Waals surface area (Å²) in [4.78, 5) is 0.917. The van der Waals surface area contributed by atoms with Gasteiger partial charge in [-0.2, -0.15) is 0 Å². The quantitative estimate of drug-likeness (QED) is 0.799. The van der Waals surface area contributed by atoms with Crippen molar-refractivity contribution in [2.75, 3.05) is 6.26 Å². The summed E-state index contributed by atoms with van der Waals surface area (Å²) in [5.74, 6) is 0. The molecule has 1 aromatic rings. The van der Waals surface area contributed by atoms with Crippen LogP contribution in [0.15, 0.2) is 29.2 Å². The molecule has 15 heavy (non-hydrogen) atoms. The summed E-state index contributed by atoms with van der Waals surface area (Å²) >= 11 is 2.26. The maximum absolute atomic E-state index is 11.8. The first-order valence-electron chi connectivity index (χ1n) is 4.99. The summed E-state index contributed by atoms with van der Waals surface area (Å²) in [5.41, 5.74) is 1.61. The van der Waals surface area contributed by atoms with E-state index in [1.54, 1.807) is 6.26 Å². The molecular formula is C12H18OSV. The van der Waals surface area contributed by atoms with E-state index < -0.39 is 7.59 Å². The molecule has 3 heteroatoms. The molecule has 0 bridgehead atoms. The molecule has 0 radical (unpaired) electrons. The van der Waals surface area contributed by atoms with E-state index in [-0.39, 0.29) is 0 Å². The topological polar surface area (TPSA) is 17.1 Å². The molecule has 0 aliphatic heterocycles. The van der Waals surface area contributed by atoms with Crippen molar-refractivity contribution in [1.82, 2.24) is 0 Å². The summed E-state index contributed by atoms with van der Waals surface area (Å²) in [5, 5.41) is 0. The summed E-state index contributed by atoms with van der Waals surface area (Å²) in [6.45, 7) is 6.67. The van der Waals surface area contributed by atoms with E-state index in [0.29, 0.717) is 5.41 Å². The average Bonchev–Trinajstić information content (AvgIpc) is 2.00. The molecule has 0 saturated heterocycles. The van der Waals surface area contributed by atoms with Crippen LogP contribution in [0.4, 0.5) is 0 Å². The van der Waals surface area contributed by atoms with Gasteiger partial charge < -0.3 is 0 Å². The standard InChI is InChI=1S/C12H18OS.V/c1-12(2,3)9-10-5-7-11(8-6-10)14(4)13;/h5-8H,9H2,1-4H3;. The average molecular weight is 261 g/mol. The molecule has 0 spiro atoms. The second-order valence-corrected chi connectivity index (χ2v) is 10.5. The van der Waals surface area contributed by atoms with Gasteiger partial charge in [-0.25, -0.2) is 0 Å². The molecule has 0 saturated carbocycles. The second kappa shape index (κ2) is 4.44. The fourth-order valence-corrected chi connectivity index (χ4v) is 2.68. The van der Waals surface area contributed by atoms with Crippen LogP contribution in [0.5, 0.6) is 0 Å². The Morgan fingerprint density at radius 1 is 1.20 bits per heavy atom. The van der Waals surface area contributed by atoms with Crippen LogP contribution in [-0.2, 0) is 29.7 Å². The molecule has 0 amide bonds. The minimum atomic E-state index is -1.88. The van der Waals surface area contributed by atoms with Gasteiger partial charge in [0.1, 0.15) is 0 Å². The van der Waals surface area contributed by atoms with Crippen LogP contribution in [0.25, 0.3) is 0 Å². The molecule has 1 rings (SSSR count). The Balaban J connectivity index is 2.92. The summed E-state index contributed by atoms with van der Waals surface area (Å²) in [6, 6.07) is 8.11. The van der Waals surface area contributed by atoms with Crippen LogP contribution in [-0.4, -0.2) is 10.5 Å². The van der Waals surface area contributed by atoms with Gasteiger partial charge >= 0.3 is 101 Å². The number of hydrogen-bond donors (Lipinski definition) is 0. The summed E-state index contributed by atoms with van der Waals surface area (Å²) in [7, 11) is -1.88. The molecule has 1 atom stereocenters. The Kier molecular flexibility index (Phi) is 3.86. The third-order valence-electron chi connectivity index (χ3n) is 2.10. The van der Waals surface area contributed by atoms with E-state index in [1.165, 1.54) is 5.56 Å². The van der Waals surface area contributed by atoms with Crippen LogP contribution in [0.1, 0.15) is 26.3 Å². The third kappa shape index (κ3) is 4.54. The van der Waals surface area contributed by atoms with Gasteiger partial charge in [-0.3, -0.25) is 0 Å². The van der Waals surface area contributed by atoms with E-state index in [2.05, 4.69) is 48.6 Å². The summed E-state index contributed by atoms with van der Waals surface area (Å²) in [6.07, 6.45) is 2.81. The van der Waals surface area contributed by atoms with E-state index in [4.69, 9.17) is 0 Å². The predicted octanol–water partition coefficient (Wildman–Crippen LogP) is 3.01. The van der Waals surface area contributed by atoms with Crippen molar-refractivity contribution < 1.29 is 19.9 Å². The van der Waals surface area contributed by atoms with E-state index in [9.17, 15) is 4.21 Å². The Hall–Kier alpha value is -0.0456. The van der Waals surface area contributed by atoms with E-state index >= 15 is 0 Å². The molecule has 1 unspecified atom stereocenters. The number of hydrogen-bond acceptors (Lipinski definition) is 1. The van der Waals surface area contributed by atoms with Crippen LogP contribution in [0, 0.1) is 5.41 Å². The normalized spacial score (nSPS) is 15.9. The molecule has 1 nitrogen and oxygen atoms in total. The van der Waals surface area contributed by atoms with Crippen molar-refractivity contribution in [3.8, 4) is 0 Å². The zero-order valence-electron chi connectivity index (χ0n) is 9.78. The fourth-order valence-electron chi connectivity index (χ4n) is 1.47. The maximum atomic E-state index is 11.8. The molecule has 1 aromatic carbocycles. The van der Waals surface area contributed by atoms with Crippen molar-refractivity contribution in [2.45, 2.75) is 32.1 Å². The molecule has 0 heterocycles. The van der Waals surface area contributed by atoms with Gasteiger partial charge in [0, 0.05) is 0 Å². The van der Waals surface area contributed by atoms with Crippen molar-refractivity contribution in [3.63, 3.8) is 0 Å². The second-order valence-electron chi connectivity index (χ2n) is 5.18. The van der Waals surface area contributed by atoms with Gasteiger partial charge in [0.15, 0.2) is 0 Å². The zero-order valence-corrected chi connectivity index (χ0v) is 12.0. The number of rotatable bonds is 2. The molecule has 83 valence electrons. The minimum absolute atomic E-state index is 0.303. The van der Waals surface area contributed by atoms with Crippen LogP contribution in [0.2, 0.25) is 0 Å². The Labute approximate surface area is 101 Å². The van der Waals surface area contributed by atoms with Gasteiger partial charge in [0.2, 0.25) is 0 Å². The first-order chi connectivity index (χ1) is 6.68. The number of benzene rings is 1. The molecule has 0 aliphatic carbocycles. The third-order valence-corrected chi connectivity index (χ3v) is 4.23. The Bertz CT molecular complexity index is 424. The first kappa shape index (κ1) is 13.0. The summed E-state index contributed by atoms with van der Waals surface area (Å²) < 4.78 is 11.8.